The van der Waals surface area contributed by atoms with Gasteiger partial charge in [-0.1, -0.05) is 31.9 Å². The Morgan fingerprint density at radius 3 is 2.21 bits per heavy atom. The van der Waals surface area contributed by atoms with Crippen LogP contribution in [0.5, 0.6) is 0 Å². The highest BCUT2D eigenvalue weighted by atomic mass is 35.5. The fourth-order valence-electron chi connectivity index (χ4n) is 3.76. The molecular weight excluding hydrogens is 426 g/mol. The summed E-state index contributed by atoms with van der Waals surface area (Å²) in [5.41, 5.74) is 0.351. The maximum Gasteiger partial charge on any atom is 0.416 e. The number of benzene rings is 1. The van der Waals surface area contributed by atoms with Crippen LogP contribution in [0.1, 0.15) is 56.6 Å². The van der Waals surface area contributed by atoms with E-state index in [0.29, 0.717) is 12.3 Å². The molecule has 1 N–H and O–H groups in total. The van der Waals surface area contributed by atoms with E-state index in [-0.39, 0.29) is 30.7 Å². The Bertz CT molecular complexity index is 589. The second kappa shape index (κ2) is 13.3. The summed E-state index contributed by atoms with van der Waals surface area (Å²) in [6.45, 7) is 4.75. The quantitative estimate of drug-likeness (QED) is 0.487. The van der Waals surface area contributed by atoms with Gasteiger partial charge in [0.2, 0.25) is 0 Å². The van der Waals surface area contributed by atoms with E-state index in [1.54, 1.807) is 12.1 Å². The molecular formula is C21H32Cl2F3NO2. The van der Waals surface area contributed by atoms with Crippen molar-refractivity contribution in [1.82, 2.24) is 4.90 Å². The number of hydrogen-bond donors (Lipinski definition) is 1. The number of carbonyl (C=O) groups is 1. The Hall–Kier alpha value is -0.980. The van der Waals surface area contributed by atoms with Gasteiger partial charge in [-0.3, -0.25) is 4.79 Å². The average Bonchev–Trinajstić information content (AvgIpc) is 2.62. The fourth-order valence-corrected chi connectivity index (χ4v) is 3.76. The maximum absolute atomic E-state index is 12.6. The van der Waals surface area contributed by atoms with Crippen molar-refractivity contribution in [2.75, 3.05) is 19.6 Å². The molecule has 2 rings (SSSR count). The topological polar surface area (TPSA) is 40.5 Å². The Morgan fingerprint density at radius 1 is 1.14 bits per heavy atom. The van der Waals surface area contributed by atoms with Crippen LogP contribution in [0.2, 0.25) is 0 Å². The highest BCUT2D eigenvalue weighted by Gasteiger charge is 2.30. The highest BCUT2D eigenvalue weighted by molar-refractivity contribution is 5.85. The molecule has 0 amide bonds. The minimum Gasteiger partial charge on any atom is -0.481 e. The Kier molecular flexibility index (Phi) is 12.9. The Labute approximate surface area is 183 Å². The smallest absolute Gasteiger partial charge is 0.416 e. The molecule has 1 aromatic rings. The van der Waals surface area contributed by atoms with Crippen molar-refractivity contribution >= 4 is 30.8 Å². The monoisotopic (exact) mass is 457 g/mol. The molecule has 0 saturated carbocycles. The predicted molar refractivity (Wildman–Crippen MR) is 114 cm³/mol. The molecule has 1 atom stereocenters. The van der Waals surface area contributed by atoms with Crippen LogP contribution in [0.3, 0.4) is 0 Å². The molecule has 0 spiro atoms. The zero-order chi connectivity index (χ0) is 19.9. The molecule has 3 nitrogen and oxygen atoms in total. The molecule has 1 fully saturated rings. The highest BCUT2D eigenvalue weighted by Crippen LogP contribution is 2.30. The summed E-state index contributed by atoms with van der Waals surface area (Å²) in [6, 6.07) is 5.49. The summed E-state index contributed by atoms with van der Waals surface area (Å²) in [7, 11) is 0. The van der Waals surface area contributed by atoms with E-state index in [1.807, 2.05) is 0 Å². The molecule has 1 unspecified atom stereocenters. The van der Waals surface area contributed by atoms with Crippen LogP contribution in [0.15, 0.2) is 24.3 Å². The zero-order valence-corrected chi connectivity index (χ0v) is 18.4. The molecule has 1 aliphatic rings. The minimum atomic E-state index is -4.28. The first-order valence-electron chi connectivity index (χ1n) is 9.91. The van der Waals surface area contributed by atoms with E-state index >= 15 is 0 Å². The van der Waals surface area contributed by atoms with Gasteiger partial charge in [0.05, 0.1) is 11.5 Å². The number of carboxylic acids is 1. The number of aliphatic carboxylic acids is 1. The van der Waals surface area contributed by atoms with Gasteiger partial charge >= 0.3 is 12.1 Å². The van der Waals surface area contributed by atoms with Crippen molar-refractivity contribution in [2.24, 2.45) is 11.8 Å². The molecule has 1 heterocycles. The standard InChI is InChI=1S/C21H30F3NO2.2ClH/c1-2-3-4-18(20(26)27)11-14-25-12-9-17(10-13-25)15-16-5-7-19(8-6-16)21(22,23)24;;/h5-8,17-18H,2-4,9-15H2,1H3,(H,26,27);2*1H. The third kappa shape index (κ3) is 9.58. The number of carboxylic acid groups (broad SMARTS) is 1. The van der Waals surface area contributed by atoms with E-state index in [1.165, 1.54) is 0 Å². The van der Waals surface area contributed by atoms with Gasteiger partial charge in [0, 0.05) is 0 Å². The van der Waals surface area contributed by atoms with Gasteiger partial charge in [0.1, 0.15) is 0 Å². The zero-order valence-electron chi connectivity index (χ0n) is 16.8. The minimum absolute atomic E-state index is 0. The molecule has 8 heteroatoms. The number of rotatable bonds is 9. The van der Waals surface area contributed by atoms with Crippen molar-refractivity contribution in [1.29, 1.82) is 0 Å². The first kappa shape index (κ1) is 28.0. The van der Waals surface area contributed by atoms with E-state index < -0.39 is 17.7 Å². The van der Waals surface area contributed by atoms with Crippen LogP contribution in [0.4, 0.5) is 13.2 Å². The summed E-state index contributed by atoms with van der Waals surface area (Å²) in [5.74, 6) is -0.469. The molecule has 168 valence electrons. The van der Waals surface area contributed by atoms with Gasteiger partial charge in [0.25, 0.3) is 0 Å². The van der Waals surface area contributed by atoms with Gasteiger partial charge in [-0.05, 0) is 75.4 Å². The lowest BCUT2D eigenvalue weighted by Crippen LogP contribution is -2.36. The molecule has 29 heavy (non-hydrogen) atoms. The third-order valence-corrected chi connectivity index (χ3v) is 5.56. The fraction of sp³-hybridized carbons (Fsp3) is 0.667. The van der Waals surface area contributed by atoms with E-state index in [9.17, 15) is 23.1 Å². The lowest BCUT2D eigenvalue weighted by atomic mass is 9.89. The maximum atomic E-state index is 12.6. The van der Waals surface area contributed by atoms with E-state index in [2.05, 4.69) is 11.8 Å². The van der Waals surface area contributed by atoms with Crippen LogP contribution >= 0.6 is 24.8 Å². The molecule has 0 aliphatic carbocycles. The number of alkyl halides is 3. The predicted octanol–water partition coefficient (Wildman–Crippen LogP) is 6.08. The first-order valence-corrected chi connectivity index (χ1v) is 9.91. The third-order valence-electron chi connectivity index (χ3n) is 5.56. The van der Waals surface area contributed by atoms with Gasteiger partial charge in [-0.25, -0.2) is 0 Å². The van der Waals surface area contributed by atoms with E-state index in [0.717, 1.165) is 75.9 Å². The van der Waals surface area contributed by atoms with Crippen LogP contribution in [0.25, 0.3) is 0 Å². The largest absolute Gasteiger partial charge is 0.481 e. The number of piperidine rings is 1. The lowest BCUT2D eigenvalue weighted by Gasteiger charge is -2.32. The SMILES string of the molecule is CCCCC(CCN1CCC(Cc2ccc(C(F)(F)F)cc2)CC1)C(=O)O.Cl.Cl. The first-order chi connectivity index (χ1) is 12.8. The van der Waals surface area contributed by atoms with Gasteiger partial charge < -0.3 is 10.0 Å². The number of unbranched alkanes of at least 4 members (excludes halogenated alkanes) is 1. The normalized spacial score (nSPS) is 16.6. The second-order valence-corrected chi connectivity index (χ2v) is 7.65. The van der Waals surface area contributed by atoms with E-state index in [4.69, 9.17) is 0 Å². The van der Waals surface area contributed by atoms with Crippen LogP contribution in [0, 0.1) is 11.8 Å². The summed E-state index contributed by atoms with van der Waals surface area (Å²) in [4.78, 5) is 13.7. The summed E-state index contributed by atoms with van der Waals surface area (Å²) in [6.07, 6.45) is 1.94. The molecule has 0 aromatic heterocycles. The van der Waals surface area contributed by atoms with Crippen LogP contribution < -0.4 is 0 Å². The van der Waals surface area contributed by atoms with Gasteiger partial charge in [-0.2, -0.15) is 13.2 Å². The average molecular weight is 458 g/mol. The van der Waals surface area contributed by atoms with Crippen LogP contribution in [-0.4, -0.2) is 35.6 Å². The van der Waals surface area contributed by atoms with Crippen molar-refractivity contribution in [2.45, 2.75) is 58.0 Å². The lowest BCUT2D eigenvalue weighted by molar-refractivity contribution is -0.142. The molecule has 0 radical (unpaired) electrons. The number of nitrogens with zero attached hydrogens (tertiary/aromatic N) is 1. The molecule has 1 aromatic carbocycles. The number of likely N-dealkylation sites (tertiary alicyclic amines) is 1. The summed E-state index contributed by atoms with van der Waals surface area (Å²) in [5, 5.41) is 9.32. The molecule has 1 saturated heterocycles. The summed E-state index contributed by atoms with van der Waals surface area (Å²) < 4.78 is 37.9. The molecule has 1 aliphatic heterocycles. The van der Waals surface area contributed by atoms with Crippen molar-refractivity contribution < 1.29 is 23.1 Å². The summed E-state index contributed by atoms with van der Waals surface area (Å²) >= 11 is 0. The van der Waals surface area contributed by atoms with Gasteiger partial charge in [0.15, 0.2) is 0 Å². The molecule has 0 bridgehead atoms. The van der Waals surface area contributed by atoms with Crippen molar-refractivity contribution in [3.05, 3.63) is 35.4 Å². The van der Waals surface area contributed by atoms with Crippen LogP contribution in [-0.2, 0) is 17.4 Å². The Balaban J connectivity index is 0.00000392. The van der Waals surface area contributed by atoms with Crippen molar-refractivity contribution in [3.8, 4) is 0 Å². The van der Waals surface area contributed by atoms with Gasteiger partial charge in [-0.15, -0.1) is 24.8 Å². The van der Waals surface area contributed by atoms with Crippen molar-refractivity contribution in [3.63, 3.8) is 0 Å². The number of halogens is 5. The Morgan fingerprint density at radius 2 is 1.72 bits per heavy atom. The second-order valence-electron chi connectivity index (χ2n) is 7.65. The number of hydrogen-bond acceptors (Lipinski definition) is 2.